The highest BCUT2D eigenvalue weighted by molar-refractivity contribution is 7.80. The third-order valence-corrected chi connectivity index (χ3v) is 9.63. The molecule has 0 bridgehead atoms. The fourth-order valence-electron chi connectivity index (χ4n) is 5.21. The SMILES string of the molecule is CC(C)(C)OC(=O)CN(c1ccc(C(=O)NCC(=O)O[C@@H](Cc2c(Cl)cncc2Cl)c2ccc(OC(F)F)c(OCC3CC3)c2)cc1OCC1CC1)S(=O)O. The first-order valence-electron chi connectivity index (χ1n) is 17.4. The Balaban J connectivity index is 1.33. The normalized spacial score (nSPS) is 15.1. The van der Waals surface area contributed by atoms with Gasteiger partial charge in [-0.15, -0.1) is 0 Å². The van der Waals surface area contributed by atoms with E-state index in [0.29, 0.717) is 17.0 Å². The van der Waals surface area contributed by atoms with E-state index in [0.717, 1.165) is 30.0 Å². The monoisotopic (exact) mass is 827 g/mol. The van der Waals surface area contributed by atoms with Gasteiger partial charge in [-0.1, -0.05) is 29.3 Å². The van der Waals surface area contributed by atoms with Crippen LogP contribution >= 0.6 is 23.2 Å². The Hall–Kier alpha value is -4.25. The first-order chi connectivity index (χ1) is 26.1. The minimum Gasteiger partial charge on any atom is -0.491 e. The molecule has 0 spiro atoms. The standard InChI is InChI=1S/C37H41Cl2F2N3O10S/c1-37(2,3)54-34(46)18-44(55(48)49)28-10-8-24(13-31(28)50-19-21-4-5-21)35(47)43-17-33(45)52-30(14-25-26(38)15-42-16-27(25)39)23-9-11-29(53-36(40)41)32(12-23)51-20-22-6-7-22/h8-13,15-16,21-22,30,36H,4-7,14,17-20H2,1-3H3,(H,43,47)(H,48,49)/t30-/m0/s1. The molecule has 1 amide bonds. The van der Waals surface area contributed by atoms with Crippen molar-refractivity contribution in [2.75, 3.05) is 30.6 Å². The number of anilines is 1. The molecule has 2 aromatic carbocycles. The lowest BCUT2D eigenvalue weighted by Crippen LogP contribution is -2.36. The number of alkyl halides is 2. The van der Waals surface area contributed by atoms with Crippen LogP contribution in [0.2, 0.25) is 10.0 Å². The lowest BCUT2D eigenvalue weighted by molar-refractivity contribution is -0.153. The van der Waals surface area contributed by atoms with Crippen molar-refractivity contribution in [3.05, 3.63) is 75.5 Å². The van der Waals surface area contributed by atoms with E-state index in [4.69, 9.17) is 42.1 Å². The van der Waals surface area contributed by atoms with Crippen LogP contribution in [0.1, 0.15) is 74.0 Å². The number of esters is 2. The minimum atomic E-state index is -3.10. The minimum absolute atomic E-state index is 0.0313. The highest BCUT2D eigenvalue weighted by Gasteiger charge is 2.29. The van der Waals surface area contributed by atoms with E-state index in [1.807, 2.05) is 0 Å². The first-order valence-corrected chi connectivity index (χ1v) is 19.2. The van der Waals surface area contributed by atoms with Crippen molar-refractivity contribution in [2.45, 2.75) is 71.2 Å². The Bertz CT molecular complexity index is 1870. The summed E-state index contributed by atoms with van der Waals surface area (Å²) in [5, 5.41) is 2.90. The summed E-state index contributed by atoms with van der Waals surface area (Å²) in [7, 11) is 0. The summed E-state index contributed by atoms with van der Waals surface area (Å²) in [4.78, 5) is 43.2. The van der Waals surface area contributed by atoms with Crippen molar-refractivity contribution < 1.29 is 55.6 Å². The fraction of sp³-hybridized carbons (Fsp3) is 0.459. The predicted octanol–water partition coefficient (Wildman–Crippen LogP) is 7.11. The van der Waals surface area contributed by atoms with Gasteiger partial charge in [0.2, 0.25) is 0 Å². The third kappa shape index (κ3) is 12.9. The van der Waals surface area contributed by atoms with E-state index < -0.39 is 60.5 Å². The maximum Gasteiger partial charge on any atom is 0.387 e. The summed E-state index contributed by atoms with van der Waals surface area (Å²) in [6, 6.07) is 8.21. The van der Waals surface area contributed by atoms with Gasteiger partial charge in [0.25, 0.3) is 17.2 Å². The van der Waals surface area contributed by atoms with Crippen LogP contribution in [0.3, 0.4) is 0 Å². The summed E-state index contributed by atoms with van der Waals surface area (Å²) in [6.45, 7) is 1.27. The smallest absolute Gasteiger partial charge is 0.387 e. The molecule has 0 radical (unpaired) electrons. The predicted molar refractivity (Wildman–Crippen MR) is 199 cm³/mol. The maximum absolute atomic E-state index is 13.3. The van der Waals surface area contributed by atoms with Gasteiger partial charge >= 0.3 is 18.6 Å². The van der Waals surface area contributed by atoms with Crippen LogP contribution in [0.5, 0.6) is 17.2 Å². The number of nitrogens with one attached hydrogen (secondary N) is 1. The molecule has 2 saturated carbocycles. The second-order valence-corrected chi connectivity index (χ2v) is 15.8. The number of aromatic nitrogens is 1. The van der Waals surface area contributed by atoms with Gasteiger partial charge in [-0.25, -0.2) is 4.21 Å². The maximum atomic E-state index is 13.3. The van der Waals surface area contributed by atoms with Crippen molar-refractivity contribution in [3.8, 4) is 17.2 Å². The summed E-state index contributed by atoms with van der Waals surface area (Å²) in [6.07, 6.45) is 5.38. The number of halogens is 4. The second-order valence-electron chi connectivity index (χ2n) is 14.1. The number of hydrogen-bond donors (Lipinski definition) is 2. The molecule has 0 saturated heterocycles. The summed E-state index contributed by atoms with van der Waals surface area (Å²) < 4.78 is 77.3. The molecule has 1 heterocycles. The lowest BCUT2D eigenvalue weighted by atomic mass is 10.0. The van der Waals surface area contributed by atoms with Gasteiger partial charge in [0.05, 0.1) is 28.9 Å². The van der Waals surface area contributed by atoms with Crippen molar-refractivity contribution in [1.82, 2.24) is 10.3 Å². The highest BCUT2D eigenvalue weighted by Crippen LogP contribution is 2.38. The zero-order valence-corrected chi connectivity index (χ0v) is 32.6. The number of ether oxygens (including phenoxy) is 5. The molecule has 2 N–H and O–H groups in total. The van der Waals surface area contributed by atoms with Crippen molar-refractivity contribution in [3.63, 3.8) is 0 Å². The van der Waals surface area contributed by atoms with Crippen LogP contribution in [0.25, 0.3) is 0 Å². The summed E-state index contributed by atoms with van der Waals surface area (Å²) >= 11 is 10.1. The number of amides is 1. The van der Waals surface area contributed by atoms with E-state index >= 15 is 0 Å². The largest absolute Gasteiger partial charge is 0.491 e. The van der Waals surface area contributed by atoms with Crippen LogP contribution in [-0.2, 0) is 36.8 Å². The number of nitrogens with zero attached hydrogens (tertiary/aromatic N) is 2. The molecule has 2 aliphatic rings. The molecule has 298 valence electrons. The van der Waals surface area contributed by atoms with Gasteiger partial charge in [-0.3, -0.25) is 28.2 Å². The van der Waals surface area contributed by atoms with Crippen molar-refractivity contribution in [2.24, 2.45) is 11.8 Å². The number of rotatable bonds is 19. The topological polar surface area (TPSA) is 163 Å². The van der Waals surface area contributed by atoms with Crippen molar-refractivity contribution in [1.29, 1.82) is 0 Å². The van der Waals surface area contributed by atoms with Gasteiger partial charge in [0.15, 0.2) is 11.5 Å². The van der Waals surface area contributed by atoms with Crippen LogP contribution in [0, 0.1) is 11.8 Å². The molecule has 1 unspecified atom stereocenters. The zero-order chi connectivity index (χ0) is 39.9. The quantitative estimate of drug-likeness (QED) is 0.0936. The van der Waals surface area contributed by atoms with Gasteiger partial charge < -0.3 is 29.0 Å². The molecule has 2 aliphatic carbocycles. The Morgan fingerprint density at radius 1 is 0.945 bits per heavy atom. The molecule has 13 nitrogen and oxygen atoms in total. The Labute approximate surface area is 329 Å². The Morgan fingerprint density at radius 2 is 1.58 bits per heavy atom. The summed E-state index contributed by atoms with van der Waals surface area (Å²) in [5.41, 5.74) is 0.0290. The van der Waals surface area contributed by atoms with Gasteiger partial charge in [-0.05, 0) is 99.7 Å². The number of carbonyl (C=O) groups excluding carboxylic acids is 3. The number of benzene rings is 2. The first kappa shape index (κ1) is 41.9. The molecular formula is C37H41Cl2F2N3O10S. The van der Waals surface area contributed by atoms with Crippen LogP contribution in [0.15, 0.2) is 48.8 Å². The molecule has 2 fully saturated rings. The van der Waals surface area contributed by atoms with Crippen LogP contribution in [-0.4, -0.2) is 70.1 Å². The number of carbonyl (C=O) groups is 3. The number of hydrogen-bond acceptors (Lipinski definition) is 10. The molecule has 55 heavy (non-hydrogen) atoms. The zero-order valence-electron chi connectivity index (χ0n) is 30.2. The lowest BCUT2D eigenvalue weighted by Gasteiger charge is -2.25. The number of pyridine rings is 1. The second kappa shape index (κ2) is 18.6. The molecule has 5 rings (SSSR count). The van der Waals surface area contributed by atoms with Gasteiger partial charge in [-0.2, -0.15) is 8.78 Å². The molecule has 3 aromatic rings. The van der Waals surface area contributed by atoms with E-state index in [1.54, 1.807) is 20.8 Å². The van der Waals surface area contributed by atoms with E-state index in [-0.39, 0.29) is 64.1 Å². The van der Waals surface area contributed by atoms with E-state index in [1.165, 1.54) is 48.8 Å². The molecule has 2 atom stereocenters. The van der Waals surface area contributed by atoms with E-state index in [2.05, 4.69) is 15.0 Å². The average Bonchev–Trinajstić information content (AvgIpc) is 4.05. The van der Waals surface area contributed by atoms with E-state index in [9.17, 15) is 31.9 Å². The van der Waals surface area contributed by atoms with Gasteiger partial charge in [0.1, 0.15) is 30.5 Å². The Morgan fingerprint density at radius 3 is 2.16 bits per heavy atom. The van der Waals surface area contributed by atoms with Crippen molar-refractivity contribution >= 4 is 58.0 Å². The molecular weight excluding hydrogens is 787 g/mol. The third-order valence-electron chi connectivity index (χ3n) is 8.28. The average molecular weight is 829 g/mol. The molecule has 1 aromatic heterocycles. The van der Waals surface area contributed by atoms with Crippen LogP contribution < -0.4 is 23.8 Å². The molecule has 0 aliphatic heterocycles. The summed E-state index contributed by atoms with van der Waals surface area (Å²) in [5.74, 6) is -1.85. The highest BCUT2D eigenvalue weighted by atomic mass is 35.5. The molecule has 18 heteroatoms. The van der Waals surface area contributed by atoms with Crippen LogP contribution in [0.4, 0.5) is 14.5 Å². The Kier molecular flexibility index (Phi) is 14.2. The fourth-order valence-corrected chi connectivity index (χ4v) is 6.26. The van der Waals surface area contributed by atoms with Gasteiger partial charge in [0, 0.05) is 24.4 Å².